The Balaban J connectivity index is 1.79. The molecular formula is C19H22N4O3. The van der Waals surface area contributed by atoms with Gasteiger partial charge < -0.3 is 10.6 Å². The molecule has 1 aromatic carbocycles. The molecule has 1 fully saturated rings. The number of rotatable bonds is 4. The van der Waals surface area contributed by atoms with E-state index in [9.17, 15) is 19.6 Å². The highest BCUT2D eigenvalue weighted by Gasteiger charge is 2.55. The van der Waals surface area contributed by atoms with E-state index in [1.807, 2.05) is 38.1 Å². The summed E-state index contributed by atoms with van der Waals surface area (Å²) in [5.74, 6) is -1.06. The van der Waals surface area contributed by atoms with Crippen molar-refractivity contribution >= 4 is 17.8 Å². The number of carbonyl (C=O) groups is 3. The lowest BCUT2D eigenvalue weighted by Gasteiger charge is -2.28. The first kappa shape index (κ1) is 17.9. The molecule has 7 nitrogen and oxygen atoms in total. The molecule has 0 bridgehead atoms. The van der Waals surface area contributed by atoms with Gasteiger partial charge in [0.2, 0.25) is 5.91 Å². The number of nitrogens with one attached hydrogen (secondary N) is 2. The summed E-state index contributed by atoms with van der Waals surface area (Å²) in [6, 6.07) is 9.03. The van der Waals surface area contributed by atoms with Gasteiger partial charge in [-0.05, 0) is 36.8 Å². The normalized spacial score (nSPS) is 23.6. The average Bonchev–Trinajstić information content (AvgIpc) is 3.08. The molecule has 0 radical (unpaired) electrons. The van der Waals surface area contributed by atoms with Crippen molar-refractivity contribution in [3.63, 3.8) is 0 Å². The van der Waals surface area contributed by atoms with E-state index in [-0.39, 0.29) is 5.92 Å². The average molecular weight is 354 g/mol. The van der Waals surface area contributed by atoms with Gasteiger partial charge in [-0.25, -0.2) is 4.79 Å². The van der Waals surface area contributed by atoms with E-state index in [1.165, 1.54) is 0 Å². The summed E-state index contributed by atoms with van der Waals surface area (Å²) in [5, 5.41) is 14.7. The van der Waals surface area contributed by atoms with Crippen LogP contribution in [0.4, 0.5) is 4.79 Å². The summed E-state index contributed by atoms with van der Waals surface area (Å²) in [7, 11) is 0. The minimum atomic E-state index is -1.08. The van der Waals surface area contributed by atoms with E-state index in [4.69, 9.17) is 0 Å². The highest BCUT2D eigenvalue weighted by molar-refractivity contribution is 6.10. The monoisotopic (exact) mass is 354 g/mol. The number of benzene rings is 1. The van der Waals surface area contributed by atoms with E-state index in [0.717, 1.165) is 16.0 Å². The molecule has 1 heterocycles. The Kier molecular flexibility index (Phi) is 4.23. The number of aryl methyl sites for hydroxylation is 1. The van der Waals surface area contributed by atoms with Gasteiger partial charge in [0.1, 0.15) is 17.6 Å². The van der Waals surface area contributed by atoms with Crippen molar-refractivity contribution in [3.8, 4) is 6.07 Å². The number of imide groups is 1. The van der Waals surface area contributed by atoms with Gasteiger partial charge in [0.25, 0.3) is 5.91 Å². The van der Waals surface area contributed by atoms with Crippen LogP contribution in [0.1, 0.15) is 38.3 Å². The third-order valence-electron chi connectivity index (χ3n) is 5.51. The van der Waals surface area contributed by atoms with E-state index in [2.05, 4.69) is 16.7 Å². The second-order valence-electron chi connectivity index (χ2n) is 7.40. The second-order valence-corrected chi connectivity index (χ2v) is 7.40. The quantitative estimate of drug-likeness (QED) is 0.799. The molecule has 3 rings (SSSR count). The number of nitrogens with zero attached hydrogens (tertiary/aromatic N) is 2. The minimum absolute atomic E-state index is 0.118. The molecule has 7 heteroatoms. The molecule has 1 aliphatic heterocycles. The van der Waals surface area contributed by atoms with Gasteiger partial charge in [-0.15, -0.1) is 0 Å². The number of nitriles is 1. The van der Waals surface area contributed by atoms with Crippen LogP contribution in [0.5, 0.6) is 0 Å². The highest BCUT2D eigenvalue weighted by Crippen LogP contribution is 2.41. The molecule has 0 saturated carbocycles. The van der Waals surface area contributed by atoms with Crippen LogP contribution in [0, 0.1) is 17.2 Å². The second kappa shape index (κ2) is 6.13. The summed E-state index contributed by atoms with van der Waals surface area (Å²) in [4.78, 5) is 38.7. The van der Waals surface area contributed by atoms with E-state index < -0.39 is 35.5 Å². The van der Waals surface area contributed by atoms with Crippen LogP contribution in [-0.4, -0.2) is 34.8 Å². The zero-order valence-corrected chi connectivity index (χ0v) is 15.1. The molecule has 2 aliphatic rings. The maximum atomic E-state index is 13.0. The third kappa shape index (κ3) is 2.62. The molecule has 1 aliphatic carbocycles. The Labute approximate surface area is 152 Å². The summed E-state index contributed by atoms with van der Waals surface area (Å²) >= 11 is 0. The number of urea groups is 1. The Morgan fingerprint density at radius 3 is 2.77 bits per heavy atom. The predicted molar refractivity (Wildman–Crippen MR) is 93.7 cm³/mol. The Morgan fingerprint density at radius 1 is 1.42 bits per heavy atom. The SMILES string of the molecule is CC(C)[C@@](C)(C#N)NC(=O)CN1C(=O)N[C@@]2(CCc3ccccc32)C1=O. The Bertz CT molecular complexity index is 828. The zero-order chi connectivity index (χ0) is 19.1. The minimum Gasteiger partial charge on any atom is -0.336 e. The van der Waals surface area contributed by atoms with Gasteiger partial charge in [-0.1, -0.05) is 38.1 Å². The fourth-order valence-corrected chi connectivity index (χ4v) is 3.51. The van der Waals surface area contributed by atoms with Crippen molar-refractivity contribution in [1.82, 2.24) is 15.5 Å². The van der Waals surface area contributed by atoms with Crippen LogP contribution < -0.4 is 10.6 Å². The van der Waals surface area contributed by atoms with Crippen LogP contribution in [0.2, 0.25) is 0 Å². The zero-order valence-electron chi connectivity index (χ0n) is 15.1. The van der Waals surface area contributed by atoms with Crippen molar-refractivity contribution in [3.05, 3.63) is 35.4 Å². The van der Waals surface area contributed by atoms with Gasteiger partial charge in [-0.3, -0.25) is 14.5 Å². The molecule has 0 aromatic heterocycles. The number of hydrogen-bond donors (Lipinski definition) is 2. The maximum absolute atomic E-state index is 13.0. The van der Waals surface area contributed by atoms with Gasteiger partial charge in [-0.2, -0.15) is 5.26 Å². The number of amides is 4. The van der Waals surface area contributed by atoms with Crippen LogP contribution in [0.3, 0.4) is 0 Å². The molecular weight excluding hydrogens is 332 g/mol. The van der Waals surface area contributed by atoms with Gasteiger partial charge >= 0.3 is 6.03 Å². The van der Waals surface area contributed by atoms with Crippen molar-refractivity contribution in [1.29, 1.82) is 5.26 Å². The highest BCUT2D eigenvalue weighted by atomic mass is 16.2. The van der Waals surface area contributed by atoms with E-state index in [0.29, 0.717) is 12.8 Å². The topological polar surface area (TPSA) is 102 Å². The van der Waals surface area contributed by atoms with Crippen LogP contribution in [0.15, 0.2) is 24.3 Å². The molecule has 0 unspecified atom stereocenters. The van der Waals surface area contributed by atoms with Crippen LogP contribution in [-0.2, 0) is 21.5 Å². The molecule has 26 heavy (non-hydrogen) atoms. The Hall–Kier alpha value is -2.88. The van der Waals surface area contributed by atoms with Gasteiger partial charge in [0, 0.05) is 0 Å². The van der Waals surface area contributed by atoms with Crippen LogP contribution >= 0.6 is 0 Å². The standard InChI is InChI=1S/C19H22N4O3/c1-12(2)18(3,11-20)21-15(24)10-23-16(25)19(22-17(23)26)9-8-13-6-4-5-7-14(13)19/h4-7,12H,8-10H2,1-3H3,(H,21,24)(H,22,26)/t18-,19-/m1/s1. The lowest BCUT2D eigenvalue weighted by atomic mass is 9.90. The van der Waals surface area contributed by atoms with Crippen molar-refractivity contribution in [2.75, 3.05) is 6.54 Å². The van der Waals surface area contributed by atoms with Crippen LogP contribution in [0.25, 0.3) is 0 Å². The molecule has 4 amide bonds. The van der Waals surface area contributed by atoms with Crippen molar-refractivity contribution in [2.24, 2.45) is 5.92 Å². The first-order valence-corrected chi connectivity index (χ1v) is 8.68. The summed E-state index contributed by atoms with van der Waals surface area (Å²) in [6.07, 6.45) is 1.18. The van der Waals surface area contributed by atoms with Gasteiger partial charge in [0.05, 0.1) is 6.07 Å². The number of carbonyl (C=O) groups excluding carboxylic acids is 3. The first-order chi connectivity index (χ1) is 12.2. The summed E-state index contributed by atoms with van der Waals surface area (Å²) in [5.41, 5.74) is -0.312. The fraction of sp³-hybridized carbons (Fsp3) is 0.474. The molecule has 1 spiro atoms. The molecule has 1 aromatic rings. The van der Waals surface area contributed by atoms with E-state index >= 15 is 0 Å². The van der Waals surface area contributed by atoms with Gasteiger partial charge in [0.15, 0.2) is 0 Å². The van der Waals surface area contributed by atoms with Crippen molar-refractivity contribution < 1.29 is 14.4 Å². The lowest BCUT2D eigenvalue weighted by molar-refractivity contribution is -0.135. The lowest BCUT2D eigenvalue weighted by Crippen LogP contribution is -2.52. The largest absolute Gasteiger partial charge is 0.336 e. The molecule has 2 atom stereocenters. The summed E-state index contributed by atoms with van der Waals surface area (Å²) in [6.45, 7) is 4.86. The third-order valence-corrected chi connectivity index (χ3v) is 5.51. The molecule has 1 saturated heterocycles. The predicted octanol–water partition coefficient (Wildman–Crippen LogP) is 1.43. The fourth-order valence-electron chi connectivity index (χ4n) is 3.51. The summed E-state index contributed by atoms with van der Waals surface area (Å²) < 4.78 is 0. The molecule has 2 N–H and O–H groups in total. The molecule has 136 valence electrons. The Morgan fingerprint density at radius 2 is 2.12 bits per heavy atom. The van der Waals surface area contributed by atoms with E-state index in [1.54, 1.807) is 6.92 Å². The maximum Gasteiger partial charge on any atom is 0.325 e. The van der Waals surface area contributed by atoms with Crippen molar-refractivity contribution in [2.45, 2.75) is 44.7 Å². The number of fused-ring (bicyclic) bond motifs is 2. The smallest absolute Gasteiger partial charge is 0.325 e. The first-order valence-electron chi connectivity index (χ1n) is 8.68. The number of hydrogen-bond acceptors (Lipinski definition) is 4.